The fourth-order valence-electron chi connectivity index (χ4n) is 4.29. The SMILES string of the molecule is COc1cccc([C@@H]2CC(=O)C3=C(C2)Nc2ccccc2N[C@@H]3c2cccs2)c1. The Kier molecular flexibility index (Phi) is 4.60. The van der Waals surface area contributed by atoms with E-state index in [1.807, 2.05) is 36.4 Å². The van der Waals surface area contributed by atoms with Crippen molar-refractivity contribution in [2.75, 3.05) is 17.7 Å². The summed E-state index contributed by atoms with van der Waals surface area (Å²) in [6.07, 6.45) is 1.31. The third kappa shape index (κ3) is 3.32. The lowest BCUT2D eigenvalue weighted by atomic mass is 9.79. The third-order valence-corrected chi connectivity index (χ3v) is 6.64. The lowest BCUT2D eigenvalue weighted by molar-refractivity contribution is -0.116. The average Bonchev–Trinajstić information content (AvgIpc) is 3.22. The molecule has 2 atom stereocenters. The Labute approximate surface area is 174 Å². The number of fused-ring (bicyclic) bond motifs is 1. The van der Waals surface area contributed by atoms with Gasteiger partial charge in [0.25, 0.3) is 0 Å². The lowest BCUT2D eigenvalue weighted by Crippen LogP contribution is -2.26. The molecule has 0 fully saturated rings. The molecule has 0 spiro atoms. The number of benzene rings is 2. The summed E-state index contributed by atoms with van der Waals surface area (Å²) < 4.78 is 5.39. The molecule has 5 heteroatoms. The molecule has 1 aromatic heterocycles. The zero-order chi connectivity index (χ0) is 19.8. The van der Waals surface area contributed by atoms with Crippen LogP contribution < -0.4 is 15.4 Å². The van der Waals surface area contributed by atoms with Crippen molar-refractivity contribution in [2.45, 2.75) is 24.8 Å². The molecule has 0 unspecified atom stereocenters. The molecule has 3 aromatic rings. The quantitative estimate of drug-likeness (QED) is 0.587. The van der Waals surface area contributed by atoms with Gasteiger partial charge in [0, 0.05) is 22.6 Å². The van der Waals surface area contributed by atoms with E-state index >= 15 is 0 Å². The highest BCUT2D eigenvalue weighted by Gasteiger charge is 2.36. The van der Waals surface area contributed by atoms with Crippen molar-refractivity contribution in [2.24, 2.45) is 0 Å². The van der Waals surface area contributed by atoms with E-state index < -0.39 is 0 Å². The van der Waals surface area contributed by atoms with Crippen molar-refractivity contribution >= 4 is 28.5 Å². The predicted molar refractivity (Wildman–Crippen MR) is 118 cm³/mol. The van der Waals surface area contributed by atoms with E-state index in [0.717, 1.165) is 45.3 Å². The van der Waals surface area contributed by atoms with E-state index in [1.165, 1.54) is 0 Å². The van der Waals surface area contributed by atoms with Crippen LogP contribution in [-0.4, -0.2) is 12.9 Å². The molecule has 1 aliphatic heterocycles. The highest BCUT2D eigenvalue weighted by atomic mass is 32.1. The van der Waals surface area contributed by atoms with Crippen molar-refractivity contribution in [3.63, 3.8) is 0 Å². The first-order valence-electron chi connectivity index (χ1n) is 9.79. The van der Waals surface area contributed by atoms with Gasteiger partial charge in [-0.3, -0.25) is 4.79 Å². The van der Waals surface area contributed by atoms with E-state index in [-0.39, 0.29) is 17.7 Å². The molecule has 4 nitrogen and oxygen atoms in total. The van der Waals surface area contributed by atoms with Gasteiger partial charge in [-0.2, -0.15) is 0 Å². The van der Waals surface area contributed by atoms with Gasteiger partial charge in [-0.25, -0.2) is 0 Å². The second-order valence-electron chi connectivity index (χ2n) is 7.46. The van der Waals surface area contributed by atoms with Crippen LogP contribution >= 0.6 is 11.3 Å². The number of ketones is 1. The summed E-state index contributed by atoms with van der Waals surface area (Å²) in [4.78, 5) is 14.6. The van der Waals surface area contributed by atoms with E-state index in [9.17, 15) is 4.79 Å². The van der Waals surface area contributed by atoms with Gasteiger partial charge in [0.2, 0.25) is 0 Å². The Morgan fingerprint density at radius 3 is 2.66 bits per heavy atom. The summed E-state index contributed by atoms with van der Waals surface area (Å²) >= 11 is 1.68. The van der Waals surface area contributed by atoms with Gasteiger partial charge in [-0.15, -0.1) is 11.3 Å². The third-order valence-electron chi connectivity index (χ3n) is 5.70. The number of rotatable bonds is 3. The molecule has 0 saturated carbocycles. The predicted octanol–water partition coefficient (Wildman–Crippen LogP) is 5.74. The highest BCUT2D eigenvalue weighted by Crippen LogP contribution is 2.45. The summed E-state index contributed by atoms with van der Waals surface area (Å²) in [6.45, 7) is 0. The maximum absolute atomic E-state index is 13.4. The summed E-state index contributed by atoms with van der Waals surface area (Å²) in [5.41, 5.74) is 5.06. The minimum atomic E-state index is -0.125. The Morgan fingerprint density at radius 1 is 1.00 bits per heavy atom. The summed E-state index contributed by atoms with van der Waals surface area (Å²) in [5, 5.41) is 9.26. The number of hydrogen-bond acceptors (Lipinski definition) is 5. The molecule has 2 aliphatic rings. The van der Waals surface area contributed by atoms with Crippen LogP contribution in [0.2, 0.25) is 0 Å². The molecule has 0 amide bonds. The van der Waals surface area contributed by atoms with Crippen LogP contribution in [-0.2, 0) is 4.79 Å². The molecule has 1 aliphatic carbocycles. The summed E-state index contributed by atoms with van der Waals surface area (Å²) in [6, 6.07) is 20.2. The van der Waals surface area contributed by atoms with Gasteiger partial charge in [0.15, 0.2) is 5.78 Å². The average molecular weight is 403 g/mol. The smallest absolute Gasteiger partial charge is 0.163 e. The van der Waals surface area contributed by atoms with Gasteiger partial charge in [0.05, 0.1) is 24.5 Å². The zero-order valence-corrected chi connectivity index (χ0v) is 17.0. The number of Topliss-reactive ketones (excluding diaryl/α,β-unsaturated/α-hetero) is 1. The van der Waals surface area contributed by atoms with Gasteiger partial charge in [-0.05, 0) is 53.6 Å². The molecular formula is C24H22N2O2S. The van der Waals surface area contributed by atoms with Crippen LogP contribution in [0, 0.1) is 0 Å². The number of ether oxygens (including phenoxy) is 1. The van der Waals surface area contributed by atoms with Gasteiger partial charge in [0.1, 0.15) is 5.75 Å². The Bertz CT molecular complexity index is 1090. The van der Waals surface area contributed by atoms with Crippen molar-refractivity contribution < 1.29 is 9.53 Å². The number of carbonyl (C=O) groups excluding carboxylic acids is 1. The zero-order valence-electron chi connectivity index (χ0n) is 16.1. The first-order chi connectivity index (χ1) is 14.2. The van der Waals surface area contributed by atoms with Gasteiger partial charge >= 0.3 is 0 Å². The standard InChI is InChI=1S/C24H22N2O2S/c1-28-17-7-4-6-15(12-17)16-13-20-23(21(27)14-16)24(22-10-5-11-29-22)26-19-9-3-2-8-18(19)25-20/h2-12,16,24-26H,13-14H2,1H3/t16-,24+/m0/s1. The largest absolute Gasteiger partial charge is 0.497 e. The Balaban J connectivity index is 1.58. The number of nitrogens with one attached hydrogen (secondary N) is 2. The molecular weight excluding hydrogens is 380 g/mol. The van der Waals surface area contributed by atoms with Crippen molar-refractivity contribution in [3.8, 4) is 5.75 Å². The van der Waals surface area contributed by atoms with E-state index in [1.54, 1.807) is 18.4 Å². The van der Waals surface area contributed by atoms with Crippen LogP contribution in [0.3, 0.4) is 0 Å². The van der Waals surface area contributed by atoms with Crippen molar-refractivity contribution in [1.82, 2.24) is 0 Å². The number of carbonyl (C=O) groups is 1. The molecule has 0 bridgehead atoms. The number of para-hydroxylation sites is 2. The van der Waals surface area contributed by atoms with E-state index in [0.29, 0.717) is 6.42 Å². The number of hydrogen-bond donors (Lipinski definition) is 2. The van der Waals surface area contributed by atoms with Crippen LogP contribution in [0.5, 0.6) is 5.75 Å². The molecule has 2 aromatic carbocycles. The highest BCUT2D eigenvalue weighted by molar-refractivity contribution is 7.10. The van der Waals surface area contributed by atoms with Gasteiger partial charge in [-0.1, -0.05) is 30.3 Å². The number of thiophene rings is 1. The maximum atomic E-state index is 13.4. The normalized spacial score (nSPS) is 20.8. The second kappa shape index (κ2) is 7.41. The van der Waals surface area contributed by atoms with E-state index in [4.69, 9.17) is 4.74 Å². The van der Waals surface area contributed by atoms with Crippen LogP contribution in [0.25, 0.3) is 0 Å². The number of allylic oxidation sites excluding steroid dienone is 1. The molecule has 0 radical (unpaired) electrons. The Morgan fingerprint density at radius 2 is 1.86 bits per heavy atom. The Hall–Kier alpha value is -3.05. The minimum absolute atomic E-state index is 0.125. The molecule has 0 saturated heterocycles. The van der Waals surface area contributed by atoms with Crippen LogP contribution in [0.15, 0.2) is 77.3 Å². The monoisotopic (exact) mass is 402 g/mol. The fraction of sp³-hybridized carbons (Fsp3) is 0.208. The molecule has 2 heterocycles. The maximum Gasteiger partial charge on any atom is 0.163 e. The lowest BCUT2D eigenvalue weighted by Gasteiger charge is -2.29. The topological polar surface area (TPSA) is 50.4 Å². The molecule has 146 valence electrons. The minimum Gasteiger partial charge on any atom is -0.497 e. The first kappa shape index (κ1) is 18.0. The molecule has 2 N–H and O–H groups in total. The van der Waals surface area contributed by atoms with Crippen LogP contribution in [0.1, 0.15) is 35.2 Å². The molecule has 5 rings (SSSR count). The number of methoxy groups -OCH3 is 1. The van der Waals surface area contributed by atoms with E-state index in [2.05, 4.69) is 40.3 Å². The van der Waals surface area contributed by atoms with Gasteiger partial charge < -0.3 is 15.4 Å². The van der Waals surface area contributed by atoms with Crippen LogP contribution in [0.4, 0.5) is 11.4 Å². The number of anilines is 2. The van der Waals surface area contributed by atoms with Crippen molar-refractivity contribution in [1.29, 1.82) is 0 Å². The second-order valence-corrected chi connectivity index (χ2v) is 8.44. The molecule has 29 heavy (non-hydrogen) atoms. The fourth-order valence-corrected chi connectivity index (χ4v) is 5.08. The summed E-state index contributed by atoms with van der Waals surface area (Å²) in [7, 11) is 1.67. The van der Waals surface area contributed by atoms with Crippen molar-refractivity contribution in [3.05, 3.63) is 87.8 Å². The first-order valence-corrected chi connectivity index (χ1v) is 10.7. The summed E-state index contributed by atoms with van der Waals surface area (Å²) in [5.74, 6) is 1.16.